The molecule has 3 fully saturated rings. The van der Waals surface area contributed by atoms with Gasteiger partial charge in [0.15, 0.2) is 5.79 Å². The molecule has 0 N–H and O–H groups in total. The molecule has 2 amide bonds. The highest BCUT2D eigenvalue weighted by atomic mass is 16.7. The first-order valence-electron chi connectivity index (χ1n) is 9.68. The largest absolute Gasteiger partial charge is 0.372 e. The second kappa shape index (κ2) is 6.64. The van der Waals surface area contributed by atoms with Gasteiger partial charge >= 0.3 is 0 Å². The van der Waals surface area contributed by atoms with E-state index in [0.29, 0.717) is 6.61 Å². The standard InChI is InChI=1S/C19H24N2O5/c1-24-19(25-2)9-16-18(23)20-10-14(8-15(20)17(22)21(16)12-19)26-11-13-6-4-3-5-7-13/h3-7,14-16H,8-12H2,1-2H3/t14-,15-,16-/m0/s1/i15D,16D. The fourth-order valence-corrected chi connectivity index (χ4v) is 3.81. The van der Waals surface area contributed by atoms with E-state index in [4.69, 9.17) is 17.0 Å². The summed E-state index contributed by atoms with van der Waals surface area (Å²) < 4.78 is 34.1. The minimum Gasteiger partial charge on any atom is -0.372 e. The van der Waals surface area contributed by atoms with E-state index in [1.807, 2.05) is 30.3 Å². The molecule has 0 spiro atoms. The Morgan fingerprint density at radius 2 is 1.81 bits per heavy atom. The normalized spacial score (nSPS) is 36.6. The van der Waals surface area contributed by atoms with E-state index in [1.54, 1.807) is 0 Å². The van der Waals surface area contributed by atoms with Crippen molar-refractivity contribution in [2.75, 3.05) is 27.3 Å². The topological polar surface area (TPSA) is 68.3 Å². The average Bonchev–Trinajstić information content (AvgIpc) is 3.22. The number of carbonyl (C=O) groups excluding carboxylic acids is 2. The van der Waals surface area contributed by atoms with Crippen LogP contribution in [0.3, 0.4) is 0 Å². The molecule has 0 radical (unpaired) electrons. The lowest BCUT2D eigenvalue weighted by molar-refractivity contribution is -0.196. The Hall–Kier alpha value is -1.96. The summed E-state index contributed by atoms with van der Waals surface area (Å²) in [6.07, 6.45) is -0.465. The molecule has 7 nitrogen and oxygen atoms in total. The summed E-state index contributed by atoms with van der Waals surface area (Å²) in [5.74, 6) is -2.38. The van der Waals surface area contributed by atoms with Crippen molar-refractivity contribution >= 4 is 11.8 Å². The Bertz CT molecular complexity index is 788. The van der Waals surface area contributed by atoms with Gasteiger partial charge in [0.2, 0.25) is 11.8 Å². The second-order valence-electron chi connectivity index (χ2n) is 6.82. The van der Waals surface area contributed by atoms with Gasteiger partial charge in [-0.05, 0) is 5.56 Å². The highest BCUT2D eigenvalue weighted by molar-refractivity contribution is 5.98. The number of hydrogen-bond donors (Lipinski definition) is 0. The summed E-state index contributed by atoms with van der Waals surface area (Å²) in [7, 11) is 2.84. The number of carbonyl (C=O) groups is 2. The summed E-state index contributed by atoms with van der Waals surface area (Å²) in [6.45, 7) is 0.393. The van der Waals surface area contributed by atoms with E-state index < -0.39 is 35.7 Å². The number of amides is 2. The van der Waals surface area contributed by atoms with Gasteiger partial charge in [0.1, 0.15) is 12.0 Å². The number of ether oxygens (including phenoxy) is 3. The zero-order valence-corrected chi connectivity index (χ0v) is 14.9. The molecule has 1 aromatic carbocycles. The van der Waals surface area contributed by atoms with Crippen LogP contribution in [0.5, 0.6) is 0 Å². The van der Waals surface area contributed by atoms with Crippen LogP contribution in [0.2, 0.25) is 0 Å². The molecule has 3 atom stereocenters. The van der Waals surface area contributed by atoms with Crippen LogP contribution in [-0.4, -0.2) is 72.9 Å². The summed E-state index contributed by atoms with van der Waals surface area (Å²) in [5.41, 5.74) is 0.978. The number of benzene rings is 1. The summed E-state index contributed by atoms with van der Waals surface area (Å²) in [5, 5.41) is 0. The quantitative estimate of drug-likeness (QED) is 0.724. The van der Waals surface area contributed by atoms with Crippen LogP contribution in [0.25, 0.3) is 0 Å². The monoisotopic (exact) mass is 362 g/mol. The fourth-order valence-electron chi connectivity index (χ4n) is 3.81. The van der Waals surface area contributed by atoms with Crippen LogP contribution >= 0.6 is 0 Å². The van der Waals surface area contributed by atoms with Crippen molar-refractivity contribution in [3.63, 3.8) is 0 Å². The third-order valence-corrected chi connectivity index (χ3v) is 5.35. The first-order chi connectivity index (χ1) is 13.3. The third-order valence-electron chi connectivity index (χ3n) is 5.35. The Morgan fingerprint density at radius 1 is 1.12 bits per heavy atom. The lowest BCUT2D eigenvalue weighted by Gasteiger charge is -2.38. The summed E-state index contributed by atoms with van der Waals surface area (Å²) in [4.78, 5) is 28.6. The lowest BCUT2D eigenvalue weighted by atomic mass is 10.1. The Balaban J connectivity index is 1.55. The van der Waals surface area contributed by atoms with Crippen molar-refractivity contribution in [3.05, 3.63) is 35.9 Å². The van der Waals surface area contributed by atoms with Crippen LogP contribution in [0, 0.1) is 0 Å². The molecule has 140 valence electrons. The molecule has 0 unspecified atom stereocenters. The maximum Gasteiger partial charge on any atom is 0.246 e. The minimum absolute atomic E-state index is 0.0575. The number of piperazine rings is 1. The Labute approximate surface area is 155 Å². The predicted octanol–water partition coefficient (Wildman–Crippen LogP) is 0.776. The predicted molar refractivity (Wildman–Crippen MR) is 92.0 cm³/mol. The molecule has 0 saturated carbocycles. The molecule has 7 heteroatoms. The summed E-state index contributed by atoms with van der Waals surface area (Å²) >= 11 is 0. The van der Waals surface area contributed by atoms with Gasteiger partial charge in [0.25, 0.3) is 0 Å². The molecule has 3 aliphatic heterocycles. The number of nitrogens with zero attached hydrogens (tertiary/aromatic N) is 2. The van der Waals surface area contributed by atoms with Crippen molar-refractivity contribution in [3.8, 4) is 0 Å². The van der Waals surface area contributed by atoms with Gasteiger partial charge in [-0.25, -0.2) is 0 Å². The molecule has 0 aliphatic carbocycles. The van der Waals surface area contributed by atoms with Gasteiger partial charge in [0.05, 0.1) is 22.0 Å². The van der Waals surface area contributed by atoms with Gasteiger partial charge < -0.3 is 24.0 Å². The molecule has 0 aromatic heterocycles. The maximum atomic E-state index is 13.2. The molecular formula is C19H24N2O5. The third kappa shape index (κ3) is 2.80. The van der Waals surface area contributed by atoms with Crippen LogP contribution in [0.15, 0.2) is 30.3 Å². The highest BCUT2D eigenvalue weighted by Crippen LogP contribution is 2.38. The number of rotatable bonds is 5. The molecule has 3 heterocycles. The summed E-state index contributed by atoms with van der Waals surface area (Å²) in [6, 6.07) is 5.99. The molecular weight excluding hydrogens is 336 g/mol. The minimum atomic E-state index is -1.83. The van der Waals surface area contributed by atoms with Gasteiger partial charge in [-0.2, -0.15) is 0 Å². The van der Waals surface area contributed by atoms with E-state index >= 15 is 0 Å². The number of methoxy groups -OCH3 is 2. The molecule has 3 aliphatic rings. The molecule has 3 saturated heterocycles. The maximum absolute atomic E-state index is 13.2. The Morgan fingerprint density at radius 3 is 2.50 bits per heavy atom. The molecule has 1 aromatic rings. The number of hydrogen-bond acceptors (Lipinski definition) is 5. The highest BCUT2D eigenvalue weighted by Gasteiger charge is 2.58. The first kappa shape index (κ1) is 15.1. The van der Waals surface area contributed by atoms with Crippen molar-refractivity contribution in [1.29, 1.82) is 0 Å². The fraction of sp³-hybridized carbons (Fsp3) is 0.579. The van der Waals surface area contributed by atoms with E-state index in [1.165, 1.54) is 19.1 Å². The number of fused-ring (bicyclic) bond motifs is 2. The van der Waals surface area contributed by atoms with Gasteiger partial charge in [0, 0.05) is 33.6 Å². The zero-order chi connectivity index (χ0) is 20.2. The molecule has 4 rings (SSSR count). The second-order valence-corrected chi connectivity index (χ2v) is 6.82. The van der Waals surface area contributed by atoms with E-state index in [-0.39, 0.29) is 25.9 Å². The van der Waals surface area contributed by atoms with Crippen LogP contribution in [0.4, 0.5) is 0 Å². The average molecular weight is 362 g/mol. The molecule has 0 bridgehead atoms. The smallest absolute Gasteiger partial charge is 0.246 e. The van der Waals surface area contributed by atoms with Gasteiger partial charge in [-0.1, -0.05) is 30.3 Å². The van der Waals surface area contributed by atoms with Crippen LogP contribution in [-0.2, 0) is 30.4 Å². The van der Waals surface area contributed by atoms with Crippen molar-refractivity contribution in [2.45, 2.75) is 43.4 Å². The van der Waals surface area contributed by atoms with Crippen molar-refractivity contribution in [2.24, 2.45) is 0 Å². The SMILES string of the molecule is [2H][C@@]12C[C@H](OCc3ccccc3)CN1C(=O)[C@]1([2H])CC(OC)(OC)CN1C2=O. The van der Waals surface area contributed by atoms with E-state index in [2.05, 4.69) is 0 Å². The lowest BCUT2D eigenvalue weighted by Crippen LogP contribution is -2.60. The Kier molecular flexibility index (Phi) is 3.87. The van der Waals surface area contributed by atoms with Crippen LogP contribution in [0.1, 0.15) is 21.1 Å². The van der Waals surface area contributed by atoms with E-state index in [0.717, 1.165) is 10.5 Å². The van der Waals surface area contributed by atoms with Gasteiger partial charge in [-0.3, -0.25) is 9.59 Å². The van der Waals surface area contributed by atoms with Crippen molar-refractivity contribution in [1.82, 2.24) is 9.80 Å². The van der Waals surface area contributed by atoms with E-state index in [9.17, 15) is 9.59 Å². The van der Waals surface area contributed by atoms with Crippen molar-refractivity contribution < 1.29 is 26.5 Å². The van der Waals surface area contributed by atoms with Crippen LogP contribution < -0.4 is 0 Å². The zero-order valence-electron chi connectivity index (χ0n) is 16.9. The van der Waals surface area contributed by atoms with Gasteiger partial charge in [-0.15, -0.1) is 0 Å². The first-order valence-corrected chi connectivity index (χ1v) is 8.68. The molecule has 26 heavy (non-hydrogen) atoms.